The molecule has 0 bridgehead atoms. The molecular weight excluding hydrogens is 198 g/mol. The van der Waals surface area contributed by atoms with E-state index in [-0.39, 0.29) is 0 Å². The number of hydrogen-bond donors (Lipinski definition) is 1. The van der Waals surface area contributed by atoms with Crippen LogP contribution in [0.3, 0.4) is 0 Å². The molecule has 0 aliphatic carbocycles. The first kappa shape index (κ1) is 11.5. The fourth-order valence-corrected chi connectivity index (χ4v) is 2.30. The first-order valence-corrected chi connectivity index (χ1v) is 6.31. The van der Waals surface area contributed by atoms with Gasteiger partial charge in [0, 0.05) is 18.3 Å². The van der Waals surface area contributed by atoms with Crippen LogP contribution in [0.5, 0.6) is 0 Å². The Morgan fingerprint density at radius 3 is 2.88 bits per heavy atom. The van der Waals surface area contributed by atoms with E-state index in [1.807, 2.05) is 0 Å². The summed E-state index contributed by atoms with van der Waals surface area (Å²) in [4.78, 5) is 0. The molecule has 0 aromatic heterocycles. The summed E-state index contributed by atoms with van der Waals surface area (Å²) in [6, 6.07) is 11.0. The Labute approximate surface area is 98.0 Å². The van der Waals surface area contributed by atoms with Gasteiger partial charge in [0.2, 0.25) is 0 Å². The average molecular weight is 219 g/mol. The maximum Gasteiger partial charge on any atom is 0.0594 e. The van der Waals surface area contributed by atoms with Gasteiger partial charge >= 0.3 is 0 Å². The Balaban J connectivity index is 1.85. The molecular formula is C14H21NO. The van der Waals surface area contributed by atoms with E-state index in [1.165, 1.54) is 18.5 Å². The van der Waals surface area contributed by atoms with Crippen LogP contribution in [0.15, 0.2) is 30.3 Å². The van der Waals surface area contributed by atoms with Crippen LogP contribution in [0.4, 0.5) is 5.69 Å². The molecule has 2 nitrogen and oxygen atoms in total. The summed E-state index contributed by atoms with van der Waals surface area (Å²) in [5.74, 6) is 0. The zero-order chi connectivity index (χ0) is 11.2. The van der Waals surface area contributed by atoms with Gasteiger partial charge in [0.25, 0.3) is 0 Å². The molecule has 1 aromatic rings. The highest BCUT2D eigenvalue weighted by Gasteiger charge is 2.21. The lowest BCUT2D eigenvalue weighted by Crippen LogP contribution is -2.33. The summed E-state index contributed by atoms with van der Waals surface area (Å²) in [6.07, 6.45) is 5.12. The molecule has 0 spiro atoms. The second kappa shape index (κ2) is 5.90. The monoisotopic (exact) mass is 219 g/mol. The summed E-state index contributed by atoms with van der Waals surface area (Å²) >= 11 is 0. The fraction of sp³-hybridized carbons (Fsp3) is 0.571. The van der Waals surface area contributed by atoms with Gasteiger partial charge in [0.05, 0.1) is 6.10 Å². The molecule has 2 unspecified atom stereocenters. The van der Waals surface area contributed by atoms with Crippen molar-refractivity contribution < 1.29 is 4.74 Å². The SMILES string of the molecule is CCCC1CC(Nc2ccccc2)CCO1. The second-order valence-electron chi connectivity index (χ2n) is 4.51. The van der Waals surface area contributed by atoms with Crippen LogP contribution in [0.25, 0.3) is 0 Å². The normalized spacial score (nSPS) is 25.3. The lowest BCUT2D eigenvalue weighted by Gasteiger charge is -2.30. The molecule has 1 aliphatic heterocycles. The van der Waals surface area contributed by atoms with Crippen molar-refractivity contribution in [2.24, 2.45) is 0 Å². The third kappa shape index (κ3) is 3.24. The zero-order valence-electron chi connectivity index (χ0n) is 9.99. The van der Waals surface area contributed by atoms with Crippen molar-refractivity contribution in [2.75, 3.05) is 11.9 Å². The van der Waals surface area contributed by atoms with Crippen LogP contribution in [-0.2, 0) is 4.74 Å². The Hall–Kier alpha value is -1.02. The van der Waals surface area contributed by atoms with Gasteiger partial charge in [-0.25, -0.2) is 0 Å². The highest BCUT2D eigenvalue weighted by molar-refractivity contribution is 5.43. The van der Waals surface area contributed by atoms with E-state index in [0.717, 1.165) is 19.4 Å². The molecule has 1 saturated heterocycles. The van der Waals surface area contributed by atoms with E-state index in [2.05, 4.69) is 42.6 Å². The summed E-state index contributed by atoms with van der Waals surface area (Å²) < 4.78 is 5.75. The smallest absolute Gasteiger partial charge is 0.0594 e. The number of nitrogens with one attached hydrogen (secondary N) is 1. The van der Waals surface area contributed by atoms with E-state index in [1.54, 1.807) is 0 Å². The van der Waals surface area contributed by atoms with Crippen molar-refractivity contribution in [3.8, 4) is 0 Å². The molecule has 0 saturated carbocycles. The van der Waals surface area contributed by atoms with Gasteiger partial charge in [-0.3, -0.25) is 0 Å². The lowest BCUT2D eigenvalue weighted by atomic mass is 10.00. The van der Waals surface area contributed by atoms with Gasteiger partial charge in [0.15, 0.2) is 0 Å². The van der Waals surface area contributed by atoms with Gasteiger partial charge in [-0.15, -0.1) is 0 Å². The second-order valence-corrected chi connectivity index (χ2v) is 4.51. The quantitative estimate of drug-likeness (QED) is 0.837. The lowest BCUT2D eigenvalue weighted by molar-refractivity contribution is 0.00598. The zero-order valence-corrected chi connectivity index (χ0v) is 9.99. The van der Waals surface area contributed by atoms with Gasteiger partial charge in [-0.1, -0.05) is 31.5 Å². The van der Waals surface area contributed by atoms with Crippen molar-refractivity contribution >= 4 is 5.69 Å². The number of anilines is 1. The molecule has 16 heavy (non-hydrogen) atoms. The standard InChI is InChI=1S/C14H21NO/c1-2-6-14-11-13(9-10-16-14)15-12-7-4-3-5-8-12/h3-5,7-8,13-15H,2,6,9-11H2,1H3. The molecule has 2 atom stereocenters. The van der Waals surface area contributed by atoms with Crippen LogP contribution in [0, 0.1) is 0 Å². The third-order valence-corrected chi connectivity index (χ3v) is 3.12. The predicted molar refractivity (Wildman–Crippen MR) is 67.7 cm³/mol. The number of hydrogen-bond acceptors (Lipinski definition) is 2. The Kier molecular flexibility index (Phi) is 4.23. The molecule has 2 heteroatoms. The molecule has 1 aliphatic rings. The predicted octanol–water partition coefficient (Wildman–Crippen LogP) is 3.45. The topological polar surface area (TPSA) is 21.3 Å². The Morgan fingerprint density at radius 1 is 1.31 bits per heavy atom. The molecule has 0 amide bonds. The highest BCUT2D eigenvalue weighted by atomic mass is 16.5. The number of rotatable bonds is 4. The minimum Gasteiger partial charge on any atom is -0.382 e. The van der Waals surface area contributed by atoms with E-state index in [4.69, 9.17) is 4.74 Å². The minimum absolute atomic E-state index is 0.458. The first-order valence-electron chi connectivity index (χ1n) is 6.31. The molecule has 1 heterocycles. The van der Waals surface area contributed by atoms with Crippen molar-refractivity contribution in [2.45, 2.75) is 44.8 Å². The van der Waals surface area contributed by atoms with E-state index < -0.39 is 0 Å². The fourth-order valence-electron chi connectivity index (χ4n) is 2.30. The number of ether oxygens (including phenoxy) is 1. The maximum atomic E-state index is 5.75. The summed E-state index contributed by atoms with van der Waals surface area (Å²) in [5.41, 5.74) is 1.23. The highest BCUT2D eigenvalue weighted by Crippen LogP contribution is 2.21. The van der Waals surface area contributed by atoms with E-state index in [9.17, 15) is 0 Å². The Morgan fingerprint density at radius 2 is 2.12 bits per heavy atom. The summed E-state index contributed by atoms with van der Waals surface area (Å²) in [7, 11) is 0. The third-order valence-electron chi connectivity index (χ3n) is 3.12. The van der Waals surface area contributed by atoms with Crippen LogP contribution in [0.2, 0.25) is 0 Å². The number of benzene rings is 1. The van der Waals surface area contributed by atoms with Crippen LogP contribution >= 0.6 is 0 Å². The van der Waals surface area contributed by atoms with Crippen LogP contribution < -0.4 is 5.32 Å². The van der Waals surface area contributed by atoms with E-state index in [0.29, 0.717) is 12.1 Å². The van der Waals surface area contributed by atoms with Crippen LogP contribution in [-0.4, -0.2) is 18.8 Å². The number of para-hydroxylation sites is 1. The van der Waals surface area contributed by atoms with Gasteiger partial charge in [-0.05, 0) is 31.4 Å². The van der Waals surface area contributed by atoms with Crippen molar-refractivity contribution in [1.29, 1.82) is 0 Å². The molecule has 88 valence electrons. The first-order chi connectivity index (χ1) is 7.88. The summed E-state index contributed by atoms with van der Waals surface area (Å²) in [6.45, 7) is 3.12. The van der Waals surface area contributed by atoms with Gasteiger partial charge in [-0.2, -0.15) is 0 Å². The molecule has 1 fully saturated rings. The van der Waals surface area contributed by atoms with Crippen molar-refractivity contribution in [3.05, 3.63) is 30.3 Å². The van der Waals surface area contributed by atoms with Crippen LogP contribution in [0.1, 0.15) is 32.6 Å². The largest absolute Gasteiger partial charge is 0.382 e. The van der Waals surface area contributed by atoms with E-state index >= 15 is 0 Å². The van der Waals surface area contributed by atoms with Crippen molar-refractivity contribution in [3.63, 3.8) is 0 Å². The molecule has 2 rings (SSSR count). The molecule has 0 radical (unpaired) electrons. The summed E-state index contributed by atoms with van der Waals surface area (Å²) in [5, 5.41) is 3.59. The van der Waals surface area contributed by atoms with Gasteiger partial charge in [0.1, 0.15) is 0 Å². The molecule has 1 N–H and O–H groups in total. The van der Waals surface area contributed by atoms with Gasteiger partial charge < -0.3 is 10.1 Å². The maximum absolute atomic E-state index is 5.75. The van der Waals surface area contributed by atoms with Crippen molar-refractivity contribution in [1.82, 2.24) is 0 Å². The minimum atomic E-state index is 0.458. The molecule has 1 aromatic carbocycles. The average Bonchev–Trinajstić information content (AvgIpc) is 2.31. The Bertz CT molecular complexity index is 297.